The van der Waals surface area contributed by atoms with Crippen molar-refractivity contribution in [2.75, 3.05) is 5.75 Å². The molecule has 4 nitrogen and oxygen atoms in total. The molecule has 0 saturated carbocycles. The monoisotopic (exact) mass is 358 g/mol. The third-order valence-electron chi connectivity index (χ3n) is 3.95. The molecule has 3 aromatic rings. The number of aromatic nitrogens is 2. The number of aromatic amines is 1. The molecule has 1 aromatic carbocycles. The Bertz CT molecular complexity index is 973. The van der Waals surface area contributed by atoms with Gasteiger partial charge in [0, 0.05) is 10.4 Å². The van der Waals surface area contributed by atoms with E-state index in [9.17, 15) is 9.59 Å². The summed E-state index contributed by atoms with van der Waals surface area (Å²) in [6, 6.07) is 7.60. The zero-order chi connectivity index (χ0) is 17.3. The third-order valence-corrected chi connectivity index (χ3v) is 6.00. The van der Waals surface area contributed by atoms with Crippen molar-refractivity contribution in [3.05, 3.63) is 56.2 Å². The number of Topliss-reactive ketones (excluding diaryl/α,β-unsaturated/α-hetero) is 1. The quantitative estimate of drug-likeness (QED) is 0.423. The van der Waals surface area contributed by atoms with Crippen LogP contribution in [0.5, 0.6) is 0 Å². The number of thiophene rings is 1. The van der Waals surface area contributed by atoms with Gasteiger partial charge in [0.15, 0.2) is 10.9 Å². The number of carbonyl (C=O) groups is 1. The lowest BCUT2D eigenvalue weighted by molar-refractivity contribution is 0.102. The van der Waals surface area contributed by atoms with Crippen molar-refractivity contribution in [3.8, 4) is 0 Å². The third kappa shape index (κ3) is 3.44. The highest BCUT2D eigenvalue weighted by atomic mass is 32.2. The average molecular weight is 358 g/mol. The van der Waals surface area contributed by atoms with Crippen molar-refractivity contribution >= 4 is 39.1 Å². The van der Waals surface area contributed by atoms with Crippen LogP contribution in [0.2, 0.25) is 0 Å². The summed E-state index contributed by atoms with van der Waals surface area (Å²) in [4.78, 5) is 33.6. The van der Waals surface area contributed by atoms with Gasteiger partial charge in [-0.2, -0.15) is 0 Å². The molecule has 0 aliphatic carbocycles. The summed E-state index contributed by atoms with van der Waals surface area (Å²) >= 11 is 2.80. The number of rotatable bonds is 5. The van der Waals surface area contributed by atoms with Crippen LogP contribution in [0.1, 0.15) is 33.3 Å². The van der Waals surface area contributed by atoms with Crippen LogP contribution < -0.4 is 5.56 Å². The number of nitrogens with one attached hydrogen (secondary N) is 1. The molecule has 3 rings (SSSR count). The summed E-state index contributed by atoms with van der Waals surface area (Å²) in [6.45, 7) is 6.07. The summed E-state index contributed by atoms with van der Waals surface area (Å²) < 4.78 is 0. The van der Waals surface area contributed by atoms with E-state index in [1.165, 1.54) is 28.7 Å². The second-order valence-electron chi connectivity index (χ2n) is 5.67. The molecule has 6 heteroatoms. The molecule has 0 amide bonds. The van der Waals surface area contributed by atoms with Crippen LogP contribution in [0.25, 0.3) is 10.2 Å². The molecule has 0 aliphatic heterocycles. The maximum absolute atomic E-state index is 12.3. The molecule has 24 heavy (non-hydrogen) atoms. The molecule has 0 radical (unpaired) electrons. The van der Waals surface area contributed by atoms with E-state index >= 15 is 0 Å². The zero-order valence-corrected chi connectivity index (χ0v) is 15.4. The molecule has 0 spiro atoms. The molecule has 0 unspecified atom stereocenters. The molecule has 0 aliphatic rings. The van der Waals surface area contributed by atoms with Crippen LogP contribution in [0, 0.1) is 13.8 Å². The fourth-order valence-electron chi connectivity index (χ4n) is 2.34. The Balaban J connectivity index is 1.78. The van der Waals surface area contributed by atoms with Crippen molar-refractivity contribution in [1.29, 1.82) is 0 Å². The smallest absolute Gasteiger partial charge is 0.260 e. The van der Waals surface area contributed by atoms with Gasteiger partial charge in [0.2, 0.25) is 0 Å². The Morgan fingerprint density at radius 1 is 1.25 bits per heavy atom. The minimum atomic E-state index is -0.142. The second-order valence-corrected chi connectivity index (χ2v) is 7.75. The number of nitrogens with zero attached hydrogens (tertiary/aromatic N) is 1. The first-order valence-corrected chi connectivity index (χ1v) is 9.54. The van der Waals surface area contributed by atoms with E-state index < -0.39 is 0 Å². The van der Waals surface area contributed by atoms with E-state index in [2.05, 4.69) is 16.9 Å². The standard InChI is InChI=1S/C18H18N2O2S2/c1-4-13-8-14-16(22)19-18(20-17(14)24-13)23-9-15(21)12-6-5-10(2)11(3)7-12/h5-8H,4,9H2,1-3H3,(H,19,20,22). The first-order valence-electron chi connectivity index (χ1n) is 7.74. The first-order chi connectivity index (χ1) is 11.5. The van der Waals surface area contributed by atoms with Gasteiger partial charge in [-0.05, 0) is 43.5 Å². The van der Waals surface area contributed by atoms with E-state index in [0.717, 1.165) is 21.7 Å². The van der Waals surface area contributed by atoms with Crippen LogP contribution in [-0.2, 0) is 6.42 Å². The van der Waals surface area contributed by atoms with Crippen LogP contribution in [0.4, 0.5) is 0 Å². The Labute approximate surface area is 148 Å². The van der Waals surface area contributed by atoms with Crippen molar-refractivity contribution in [2.45, 2.75) is 32.3 Å². The maximum Gasteiger partial charge on any atom is 0.260 e. The minimum Gasteiger partial charge on any atom is -0.301 e. The lowest BCUT2D eigenvalue weighted by Crippen LogP contribution is -2.09. The van der Waals surface area contributed by atoms with Crippen LogP contribution >= 0.6 is 23.1 Å². The molecule has 1 N–H and O–H groups in total. The van der Waals surface area contributed by atoms with Crippen LogP contribution in [0.3, 0.4) is 0 Å². The van der Waals surface area contributed by atoms with E-state index in [1.54, 1.807) is 0 Å². The van der Waals surface area contributed by atoms with Gasteiger partial charge >= 0.3 is 0 Å². The molecule has 2 heterocycles. The molecule has 124 valence electrons. The number of fused-ring (bicyclic) bond motifs is 1. The summed E-state index contributed by atoms with van der Waals surface area (Å²) in [6.07, 6.45) is 0.883. The highest BCUT2D eigenvalue weighted by Crippen LogP contribution is 2.24. The highest BCUT2D eigenvalue weighted by Gasteiger charge is 2.12. The lowest BCUT2D eigenvalue weighted by atomic mass is 10.0. The number of hydrogen-bond acceptors (Lipinski definition) is 5. The number of H-pyrrole nitrogens is 1. The van der Waals surface area contributed by atoms with Gasteiger partial charge in [-0.1, -0.05) is 30.8 Å². The summed E-state index contributed by atoms with van der Waals surface area (Å²) in [5.74, 6) is 0.287. The Morgan fingerprint density at radius 3 is 2.75 bits per heavy atom. The van der Waals surface area contributed by atoms with Gasteiger partial charge in [-0.3, -0.25) is 9.59 Å². The van der Waals surface area contributed by atoms with Gasteiger partial charge in [0.25, 0.3) is 5.56 Å². The molecule has 2 aromatic heterocycles. The van der Waals surface area contributed by atoms with Gasteiger partial charge in [-0.25, -0.2) is 4.98 Å². The number of aryl methyl sites for hydroxylation is 3. The molecular weight excluding hydrogens is 340 g/mol. The van der Waals surface area contributed by atoms with Crippen molar-refractivity contribution in [3.63, 3.8) is 0 Å². The molecule has 0 saturated heterocycles. The number of thioether (sulfide) groups is 1. The Hall–Kier alpha value is -1.92. The fourth-order valence-corrected chi connectivity index (χ4v) is 4.12. The zero-order valence-electron chi connectivity index (χ0n) is 13.8. The number of hydrogen-bond donors (Lipinski definition) is 1. The summed E-state index contributed by atoms with van der Waals surface area (Å²) in [5, 5.41) is 1.12. The van der Waals surface area contributed by atoms with Crippen molar-refractivity contribution < 1.29 is 4.79 Å². The molecule has 0 bridgehead atoms. The second kappa shape index (κ2) is 6.91. The topological polar surface area (TPSA) is 62.8 Å². The number of carbonyl (C=O) groups excluding carboxylic acids is 1. The number of benzene rings is 1. The van der Waals surface area contributed by atoms with Gasteiger partial charge in [0.05, 0.1) is 11.1 Å². The Kier molecular flexibility index (Phi) is 4.87. The van der Waals surface area contributed by atoms with Gasteiger partial charge < -0.3 is 4.98 Å². The summed E-state index contributed by atoms with van der Waals surface area (Å²) in [7, 11) is 0. The van der Waals surface area contributed by atoms with Crippen molar-refractivity contribution in [2.24, 2.45) is 0 Å². The predicted molar refractivity (Wildman–Crippen MR) is 101 cm³/mol. The van der Waals surface area contributed by atoms with E-state index in [0.29, 0.717) is 16.1 Å². The van der Waals surface area contributed by atoms with E-state index in [1.807, 2.05) is 38.1 Å². The maximum atomic E-state index is 12.3. The first kappa shape index (κ1) is 16.9. The van der Waals surface area contributed by atoms with Crippen LogP contribution in [0.15, 0.2) is 34.2 Å². The summed E-state index contributed by atoms with van der Waals surface area (Å²) in [5.41, 5.74) is 2.82. The molecule has 0 atom stereocenters. The SMILES string of the molecule is CCc1cc2c(=O)[nH]c(SCC(=O)c3ccc(C)c(C)c3)nc2s1. The minimum absolute atomic E-state index is 0.0336. The highest BCUT2D eigenvalue weighted by molar-refractivity contribution is 7.99. The van der Waals surface area contributed by atoms with E-state index in [4.69, 9.17) is 0 Å². The Morgan fingerprint density at radius 2 is 2.04 bits per heavy atom. The predicted octanol–water partition coefficient (Wildman–Crippen LogP) is 4.14. The van der Waals surface area contributed by atoms with Crippen LogP contribution in [-0.4, -0.2) is 21.5 Å². The van der Waals surface area contributed by atoms with Gasteiger partial charge in [-0.15, -0.1) is 11.3 Å². The lowest BCUT2D eigenvalue weighted by Gasteiger charge is -2.04. The van der Waals surface area contributed by atoms with Gasteiger partial charge in [0.1, 0.15) is 4.83 Å². The normalized spacial score (nSPS) is 11.1. The van der Waals surface area contributed by atoms with Crippen molar-refractivity contribution in [1.82, 2.24) is 9.97 Å². The molecule has 0 fully saturated rings. The largest absolute Gasteiger partial charge is 0.301 e. The molecular formula is C18H18N2O2S2. The fraction of sp³-hybridized carbons (Fsp3) is 0.278. The average Bonchev–Trinajstić information content (AvgIpc) is 2.99. The van der Waals surface area contributed by atoms with E-state index in [-0.39, 0.29) is 17.1 Å². The number of ketones is 1.